The first kappa shape index (κ1) is 20.3. The smallest absolute Gasteiger partial charge is 0.323 e. The van der Waals surface area contributed by atoms with Crippen LogP contribution in [0, 0.1) is 19.8 Å². The highest BCUT2D eigenvalue weighted by atomic mass is 32.1. The Balaban J connectivity index is 1.79. The van der Waals surface area contributed by atoms with E-state index in [0.717, 1.165) is 27.8 Å². The molecule has 0 aromatic carbocycles. The molecule has 2 aromatic rings. The zero-order valence-corrected chi connectivity index (χ0v) is 17.7. The normalized spacial score (nSPS) is 19.6. The van der Waals surface area contributed by atoms with E-state index >= 15 is 0 Å². The molecule has 3 amide bonds. The van der Waals surface area contributed by atoms with Crippen molar-refractivity contribution in [3.05, 3.63) is 34.6 Å². The van der Waals surface area contributed by atoms with Crippen molar-refractivity contribution in [1.82, 2.24) is 19.8 Å². The van der Waals surface area contributed by atoms with E-state index in [1.165, 1.54) is 11.3 Å². The number of carbonyl (C=O) groups excluding carboxylic acids is 3. The van der Waals surface area contributed by atoms with Crippen molar-refractivity contribution in [2.75, 3.05) is 6.54 Å². The summed E-state index contributed by atoms with van der Waals surface area (Å²) in [5.74, 6) is -0.166. The number of aryl methyl sites for hydroxylation is 1. The van der Waals surface area contributed by atoms with Gasteiger partial charge in [0.2, 0.25) is 0 Å². The van der Waals surface area contributed by atoms with Crippen molar-refractivity contribution < 1.29 is 14.4 Å². The molecule has 0 spiro atoms. The molecule has 0 saturated carbocycles. The number of Topliss-reactive ketones (excluding diaryl/α,β-unsaturated/α-hetero) is 1. The van der Waals surface area contributed by atoms with E-state index in [1.807, 2.05) is 23.8 Å². The first-order valence-electron chi connectivity index (χ1n) is 9.40. The molecule has 0 radical (unpaired) electrons. The number of amides is 3. The molecule has 1 aliphatic heterocycles. The molecular weight excluding hydrogens is 376 g/mol. The van der Waals surface area contributed by atoms with Crippen molar-refractivity contribution >= 4 is 29.1 Å². The van der Waals surface area contributed by atoms with Gasteiger partial charge in [-0.05, 0) is 45.6 Å². The Bertz CT molecular complexity index is 916. The first-order valence-corrected chi connectivity index (χ1v) is 10.3. The number of nitrogens with one attached hydrogen (secondary N) is 1. The zero-order chi connectivity index (χ0) is 20.6. The minimum absolute atomic E-state index is 0.257. The lowest BCUT2D eigenvalue weighted by atomic mass is 9.92. The summed E-state index contributed by atoms with van der Waals surface area (Å²) in [5, 5.41) is 5.43. The van der Waals surface area contributed by atoms with Crippen LogP contribution in [0.15, 0.2) is 17.6 Å². The average Bonchev–Trinajstić information content (AvgIpc) is 3.29. The summed E-state index contributed by atoms with van der Waals surface area (Å²) in [6.07, 6.45) is 3.09. The topological polar surface area (TPSA) is 84.3 Å². The second-order valence-electron chi connectivity index (χ2n) is 7.94. The van der Waals surface area contributed by atoms with Gasteiger partial charge in [-0.25, -0.2) is 9.78 Å². The van der Waals surface area contributed by atoms with Crippen LogP contribution in [0.3, 0.4) is 0 Å². The molecule has 1 atom stereocenters. The number of hydrogen-bond acceptors (Lipinski definition) is 5. The summed E-state index contributed by atoms with van der Waals surface area (Å²) in [4.78, 5) is 43.5. The lowest BCUT2D eigenvalue weighted by molar-refractivity contribution is -0.130. The maximum absolute atomic E-state index is 12.9. The minimum atomic E-state index is -0.945. The molecular formula is C20H26N4O3S. The van der Waals surface area contributed by atoms with Crippen LogP contribution in [0.5, 0.6) is 0 Å². The molecule has 0 aliphatic carbocycles. The lowest BCUT2D eigenvalue weighted by Crippen LogP contribution is -2.44. The van der Waals surface area contributed by atoms with Crippen molar-refractivity contribution in [2.45, 2.75) is 53.0 Å². The Kier molecular flexibility index (Phi) is 5.43. The molecule has 3 rings (SSSR count). The average molecular weight is 403 g/mol. The van der Waals surface area contributed by atoms with Crippen LogP contribution in [0.1, 0.15) is 55.4 Å². The maximum Gasteiger partial charge on any atom is 0.325 e. The van der Waals surface area contributed by atoms with Crippen LogP contribution >= 0.6 is 11.3 Å². The van der Waals surface area contributed by atoms with Gasteiger partial charge in [0, 0.05) is 28.5 Å². The predicted octanol–water partition coefficient (Wildman–Crippen LogP) is 3.48. The summed E-state index contributed by atoms with van der Waals surface area (Å²) < 4.78 is 1.91. The highest BCUT2D eigenvalue weighted by Gasteiger charge is 2.48. The predicted molar refractivity (Wildman–Crippen MR) is 108 cm³/mol. The molecule has 7 nitrogen and oxygen atoms in total. The van der Waals surface area contributed by atoms with Gasteiger partial charge in [-0.1, -0.05) is 13.8 Å². The van der Waals surface area contributed by atoms with E-state index in [1.54, 1.807) is 19.2 Å². The Morgan fingerprint density at radius 1 is 1.32 bits per heavy atom. The van der Waals surface area contributed by atoms with Crippen LogP contribution in [0.25, 0.3) is 5.13 Å². The van der Waals surface area contributed by atoms with Crippen molar-refractivity contribution in [1.29, 1.82) is 0 Å². The lowest BCUT2D eigenvalue weighted by Gasteiger charge is -2.22. The number of aromatic nitrogens is 2. The zero-order valence-electron chi connectivity index (χ0n) is 16.9. The third-order valence-corrected chi connectivity index (χ3v) is 5.97. The third kappa shape index (κ3) is 3.61. The molecule has 1 fully saturated rings. The number of carbonyl (C=O) groups is 3. The summed E-state index contributed by atoms with van der Waals surface area (Å²) in [6, 6.07) is 1.29. The highest BCUT2D eigenvalue weighted by molar-refractivity contribution is 7.12. The largest absolute Gasteiger partial charge is 0.325 e. The molecule has 8 heteroatoms. The number of imide groups is 1. The number of urea groups is 1. The Morgan fingerprint density at radius 2 is 2.04 bits per heavy atom. The van der Waals surface area contributed by atoms with Crippen molar-refractivity contribution in [3.63, 3.8) is 0 Å². The SMILES string of the molecule is Cc1cc(C(=O)CN2C(=O)NC(C)(CCC(C)C)C2=O)c(C)n1-c1nccs1. The van der Waals surface area contributed by atoms with Crippen LogP contribution < -0.4 is 5.32 Å². The maximum atomic E-state index is 12.9. The number of thiazole rings is 1. The van der Waals surface area contributed by atoms with Gasteiger partial charge < -0.3 is 5.32 Å². The molecule has 28 heavy (non-hydrogen) atoms. The van der Waals surface area contributed by atoms with E-state index in [0.29, 0.717) is 17.9 Å². The van der Waals surface area contributed by atoms with Gasteiger partial charge in [0.1, 0.15) is 5.54 Å². The fraction of sp³-hybridized carbons (Fsp3) is 0.500. The summed E-state index contributed by atoms with van der Waals surface area (Å²) in [7, 11) is 0. The minimum Gasteiger partial charge on any atom is -0.323 e. The van der Waals surface area contributed by atoms with Crippen LogP contribution in [-0.2, 0) is 4.79 Å². The molecule has 1 N–H and O–H groups in total. The van der Waals surface area contributed by atoms with E-state index in [4.69, 9.17) is 0 Å². The van der Waals surface area contributed by atoms with E-state index in [9.17, 15) is 14.4 Å². The summed E-state index contributed by atoms with van der Waals surface area (Å²) in [6.45, 7) is 9.37. The summed E-state index contributed by atoms with van der Waals surface area (Å²) in [5.41, 5.74) is 1.20. The second kappa shape index (κ2) is 7.50. The van der Waals surface area contributed by atoms with Gasteiger partial charge in [-0.15, -0.1) is 11.3 Å². The second-order valence-corrected chi connectivity index (χ2v) is 8.82. The number of ketones is 1. The molecule has 2 aromatic heterocycles. The van der Waals surface area contributed by atoms with Crippen molar-refractivity contribution in [2.24, 2.45) is 5.92 Å². The highest BCUT2D eigenvalue weighted by Crippen LogP contribution is 2.26. The van der Waals surface area contributed by atoms with Gasteiger partial charge in [-0.3, -0.25) is 19.1 Å². The van der Waals surface area contributed by atoms with Crippen molar-refractivity contribution in [3.8, 4) is 5.13 Å². The van der Waals surface area contributed by atoms with Gasteiger partial charge in [0.15, 0.2) is 10.9 Å². The van der Waals surface area contributed by atoms with Crippen LogP contribution in [0.2, 0.25) is 0 Å². The van der Waals surface area contributed by atoms with Gasteiger partial charge in [0.05, 0.1) is 6.54 Å². The molecule has 1 saturated heterocycles. The quantitative estimate of drug-likeness (QED) is 0.568. The number of rotatable bonds is 7. The Hall–Kier alpha value is -2.48. The molecule has 0 bridgehead atoms. The Morgan fingerprint density at radius 3 is 2.64 bits per heavy atom. The first-order chi connectivity index (χ1) is 13.1. The molecule has 3 heterocycles. The number of hydrogen-bond donors (Lipinski definition) is 1. The monoisotopic (exact) mass is 402 g/mol. The third-order valence-electron chi connectivity index (χ3n) is 5.21. The van der Waals surface area contributed by atoms with E-state index in [-0.39, 0.29) is 18.2 Å². The van der Waals surface area contributed by atoms with E-state index in [2.05, 4.69) is 24.1 Å². The summed E-state index contributed by atoms with van der Waals surface area (Å²) >= 11 is 1.48. The van der Waals surface area contributed by atoms with Gasteiger partial charge in [0.25, 0.3) is 5.91 Å². The molecule has 150 valence electrons. The molecule has 1 aliphatic rings. The van der Waals surface area contributed by atoms with Crippen LogP contribution in [0.4, 0.5) is 4.79 Å². The standard InChI is InChI=1S/C20H26N4O3S/c1-12(2)6-7-20(5)17(26)23(18(27)22-20)11-16(25)15-10-13(3)24(14(15)4)19-21-8-9-28-19/h8-10,12H,6-7,11H2,1-5H3,(H,22,27). The Labute approximate surface area is 168 Å². The number of nitrogens with zero attached hydrogens (tertiary/aromatic N) is 3. The fourth-order valence-electron chi connectivity index (χ4n) is 3.53. The fourth-order valence-corrected chi connectivity index (χ4v) is 4.28. The van der Waals surface area contributed by atoms with Gasteiger partial charge in [-0.2, -0.15) is 0 Å². The van der Waals surface area contributed by atoms with Crippen LogP contribution in [-0.4, -0.2) is 44.3 Å². The molecule has 1 unspecified atom stereocenters. The van der Waals surface area contributed by atoms with E-state index < -0.39 is 11.6 Å². The van der Waals surface area contributed by atoms with Gasteiger partial charge >= 0.3 is 6.03 Å².